The lowest BCUT2D eigenvalue weighted by atomic mass is 10.3. The Hall–Kier alpha value is -1.10. The van der Waals surface area contributed by atoms with Crippen LogP contribution in [0.3, 0.4) is 0 Å². The molecule has 0 bridgehead atoms. The minimum Gasteiger partial charge on any atom is -0.478 e. The van der Waals surface area contributed by atoms with Crippen molar-refractivity contribution in [3.05, 3.63) is 10.8 Å². The lowest BCUT2D eigenvalue weighted by Gasteiger charge is -1.95. The number of carboxylic acid groups (broad SMARTS) is 2. The molecule has 0 saturated heterocycles. The summed E-state index contributed by atoms with van der Waals surface area (Å²) in [4.78, 5) is 20.3. The molecule has 10 heavy (non-hydrogen) atoms. The molecule has 0 fully saturated rings. The van der Waals surface area contributed by atoms with Gasteiger partial charge in [-0.1, -0.05) is 0 Å². The highest BCUT2D eigenvalue weighted by Gasteiger charge is 2.09. The van der Waals surface area contributed by atoms with Gasteiger partial charge >= 0.3 is 11.9 Å². The van der Waals surface area contributed by atoms with Gasteiger partial charge in [0, 0.05) is 21.0 Å². The fourth-order valence-corrected chi connectivity index (χ4v) is 0.535. The quantitative estimate of drug-likeness (QED) is 0.393. The molecule has 0 rings (SSSR count). The third-order valence-electron chi connectivity index (χ3n) is 1.20. The van der Waals surface area contributed by atoms with Crippen LogP contribution in [0.25, 0.3) is 0 Å². The van der Waals surface area contributed by atoms with Crippen LogP contribution in [0.15, 0.2) is 10.8 Å². The predicted molar refractivity (Wildman–Crippen MR) is 37.9 cm³/mol. The summed E-state index contributed by atoms with van der Waals surface area (Å²) in [7, 11) is 0.255. The summed E-state index contributed by atoms with van der Waals surface area (Å²) in [6, 6.07) is 0. The van der Waals surface area contributed by atoms with E-state index in [0.29, 0.717) is 0 Å². The van der Waals surface area contributed by atoms with Crippen molar-refractivity contribution < 1.29 is 19.8 Å². The fourth-order valence-electron chi connectivity index (χ4n) is 0.321. The Morgan fingerprint density at radius 2 is 1.60 bits per heavy atom. The van der Waals surface area contributed by atoms with Gasteiger partial charge in [0.25, 0.3) is 0 Å². The molecule has 0 aliphatic rings. The van der Waals surface area contributed by atoms with Crippen LogP contribution in [0.2, 0.25) is 0 Å². The minimum atomic E-state index is -1.16. The highest BCUT2D eigenvalue weighted by Crippen LogP contribution is 1.98. The van der Waals surface area contributed by atoms with Crippen molar-refractivity contribution >= 4 is 22.2 Å². The van der Waals surface area contributed by atoms with E-state index in [4.69, 9.17) is 10.2 Å². The topological polar surface area (TPSA) is 74.6 Å². The molecule has 4 nitrogen and oxygen atoms in total. The summed E-state index contributed by atoms with van der Waals surface area (Å²) < 4.78 is 0. The van der Waals surface area contributed by atoms with E-state index in [2.05, 4.69) is 0 Å². The first-order chi connectivity index (χ1) is 4.46. The zero-order valence-electron chi connectivity index (χ0n) is 5.71. The van der Waals surface area contributed by atoms with Gasteiger partial charge in [-0.15, -0.1) is 0 Å². The molecule has 0 aliphatic heterocycles. The number of rotatable bonds is 2. The lowest BCUT2D eigenvalue weighted by Crippen LogP contribution is -2.08. The van der Waals surface area contributed by atoms with E-state index >= 15 is 0 Å². The molecular formula is C5H8O4Si. The number of carboxylic acids is 2. The number of hydrogen-bond acceptors (Lipinski definition) is 2. The maximum atomic E-state index is 10.2. The molecule has 0 aromatic carbocycles. The summed E-state index contributed by atoms with van der Waals surface area (Å²) >= 11 is 0. The first-order valence-corrected chi connectivity index (χ1v) is 3.61. The van der Waals surface area contributed by atoms with E-state index < -0.39 is 11.9 Å². The molecule has 2 N–H and O–H groups in total. The van der Waals surface area contributed by atoms with Crippen LogP contribution in [-0.4, -0.2) is 32.4 Å². The molecule has 0 aromatic rings. The molecule has 56 valence electrons. The average Bonchev–Trinajstić information content (AvgIpc) is 1.84. The summed E-state index contributed by atoms with van der Waals surface area (Å²) in [5.74, 6) is -2.29. The van der Waals surface area contributed by atoms with Gasteiger partial charge in [-0.25, -0.2) is 9.59 Å². The highest BCUT2D eigenvalue weighted by molar-refractivity contribution is 6.37. The first-order valence-electron chi connectivity index (χ1n) is 2.61. The zero-order valence-corrected chi connectivity index (χ0v) is 7.71. The van der Waals surface area contributed by atoms with Crippen molar-refractivity contribution in [1.82, 2.24) is 0 Å². The number of hydrogen-bond donors (Lipinski definition) is 2. The van der Waals surface area contributed by atoms with Crippen LogP contribution in [0.4, 0.5) is 0 Å². The number of aliphatic carboxylic acids is 2. The van der Waals surface area contributed by atoms with E-state index in [-0.39, 0.29) is 21.0 Å². The van der Waals surface area contributed by atoms with E-state index in [9.17, 15) is 9.59 Å². The van der Waals surface area contributed by atoms with E-state index in [0.717, 1.165) is 0 Å². The second kappa shape index (κ2) is 3.16. The van der Waals surface area contributed by atoms with Crippen molar-refractivity contribution in [3.63, 3.8) is 0 Å². The molecule has 0 atom stereocenters. The van der Waals surface area contributed by atoms with Gasteiger partial charge in [0.1, 0.15) is 0 Å². The van der Waals surface area contributed by atoms with Crippen molar-refractivity contribution in [2.24, 2.45) is 0 Å². The normalized spacial score (nSPS) is 12.5. The van der Waals surface area contributed by atoms with Gasteiger partial charge in [0.05, 0.1) is 0 Å². The van der Waals surface area contributed by atoms with Crippen LogP contribution in [-0.2, 0) is 9.59 Å². The maximum Gasteiger partial charge on any atom is 0.331 e. The molecule has 0 saturated carbocycles. The molecule has 0 aliphatic carbocycles. The lowest BCUT2D eigenvalue weighted by molar-refractivity contribution is -0.135. The number of carbonyl (C=O) groups is 2. The van der Waals surface area contributed by atoms with Crippen LogP contribution < -0.4 is 0 Å². The second-order valence-corrected chi connectivity index (χ2v) is 2.86. The molecule has 0 heterocycles. The SMILES string of the molecule is C/C(C(=O)O)=C(\[SiH3])C(=O)O. The Balaban J connectivity index is 4.67. The molecule has 0 unspecified atom stereocenters. The summed E-state index contributed by atoms with van der Waals surface area (Å²) in [6.45, 7) is 1.29. The van der Waals surface area contributed by atoms with Gasteiger partial charge in [0.15, 0.2) is 0 Å². The third kappa shape index (κ3) is 2.02. The Bertz CT molecular complexity index is 184. The largest absolute Gasteiger partial charge is 0.478 e. The molecular weight excluding hydrogens is 152 g/mol. The third-order valence-corrected chi connectivity index (χ3v) is 2.38. The fraction of sp³-hybridized carbons (Fsp3) is 0.200. The van der Waals surface area contributed by atoms with Gasteiger partial charge in [0.2, 0.25) is 0 Å². The van der Waals surface area contributed by atoms with Gasteiger partial charge in [-0.3, -0.25) is 0 Å². The standard InChI is InChI=1S/C5H8O4Si/c1-2(4(6)7)3(10)5(8)9/h1,10H3,(H,6,7)(H,8,9)/b3-2+. The first kappa shape index (κ1) is 8.90. The van der Waals surface area contributed by atoms with Crippen LogP contribution in [0.1, 0.15) is 6.92 Å². The minimum absolute atomic E-state index is 0.00694. The van der Waals surface area contributed by atoms with Gasteiger partial charge in [-0.05, 0) is 6.92 Å². The molecule has 0 aromatic heterocycles. The van der Waals surface area contributed by atoms with E-state index in [1.807, 2.05) is 0 Å². The highest BCUT2D eigenvalue weighted by atomic mass is 28.1. The smallest absolute Gasteiger partial charge is 0.331 e. The second-order valence-electron chi connectivity index (χ2n) is 1.86. The average molecular weight is 160 g/mol. The zero-order chi connectivity index (χ0) is 8.31. The molecule has 0 spiro atoms. The van der Waals surface area contributed by atoms with Gasteiger partial charge in [-0.2, -0.15) is 0 Å². The van der Waals surface area contributed by atoms with Gasteiger partial charge < -0.3 is 10.2 Å². The molecule has 0 amide bonds. The van der Waals surface area contributed by atoms with E-state index in [1.165, 1.54) is 6.92 Å². The molecule has 5 heteroatoms. The summed E-state index contributed by atoms with van der Waals surface area (Å²) in [5.41, 5.74) is -0.0702. The van der Waals surface area contributed by atoms with Crippen molar-refractivity contribution in [2.75, 3.05) is 0 Å². The Labute approximate surface area is 60.6 Å². The Morgan fingerprint density at radius 3 is 1.70 bits per heavy atom. The monoisotopic (exact) mass is 160 g/mol. The van der Waals surface area contributed by atoms with E-state index in [1.54, 1.807) is 0 Å². The maximum absolute atomic E-state index is 10.2. The Kier molecular flexibility index (Phi) is 2.81. The van der Waals surface area contributed by atoms with Crippen molar-refractivity contribution in [3.8, 4) is 0 Å². The predicted octanol–water partition coefficient (Wildman–Crippen LogP) is -1.21. The van der Waals surface area contributed by atoms with Crippen molar-refractivity contribution in [1.29, 1.82) is 0 Å². The summed E-state index contributed by atoms with van der Waals surface area (Å²) in [5, 5.41) is 16.6. The molecule has 0 radical (unpaired) electrons. The van der Waals surface area contributed by atoms with Crippen molar-refractivity contribution in [2.45, 2.75) is 6.92 Å². The Morgan fingerprint density at radius 1 is 1.20 bits per heavy atom. The van der Waals surface area contributed by atoms with Crippen LogP contribution in [0, 0.1) is 0 Å². The van der Waals surface area contributed by atoms with Crippen LogP contribution in [0.5, 0.6) is 0 Å². The summed E-state index contributed by atoms with van der Waals surface area (Å²) in [6.07, 6.45) is 0. The van der Waals surface area contributed by atoms with Crippen LogP contribution >= 0.6 is 0 Å².